The Morgan fingerprint density at radius 3 is 2.84 bits per heavy atom. The molecule has 19 heavy (non-hydrogen) atoms. The molecule has 110 valence electrons. The minimum Gasteiger partial charge on any atom is -0.361 e. The van der Waals surface area contributed by atoms with E-state index in [-0.39, 0.29) is 5.94 Å². The molecule has 0 aromatic carbocycles. The monoisotopic (exact) mass is 299 g/mol. The first kappa shape index (κ1) is 16.2. The first-order chi connectivity index (χ1) is 9.03. The van der Waals surface area contributed by atoms with Gasteiger partial charge in [-0.1, -0.05) is 18.7 Å². The van der Waals surface area contributed by atoms with Crippen LogP contribution in [-0.4, -0.2) is 52.0 Å². The second kappa shape index (κ2) is 8.33. The zero-order chi connectivity index (χ0) is 14.1. The Hall–Kier alpha value is -0.870. The van der Waals surface area contributed by atoms with Crippen LogP contribution >= 0.6 is 11.8 Å². The van der Waals surface area contributed by atoms with E-state index in [1.54, 1.807) is 0 Å². The van der Waals surface area contributed by atoms with E-state index in [1.807, 2.05) is 0 Å². The Balaban J connectivity index is 2.24. The second-order valence-electron chi connectivity index (χ2n) is 3.66. The van der Waals surface area contributed by atoms with Crippen LogP contribution in [0.2, 0.25) is 0 Å². The summed E-state index contributed by atoms with van der Waals surface area (Å²) >= 11 is 1.04. The summed E-state index contributed by atoms with van der Waals surface area (Å²) in [6, 6.07) is 0. The fraction of sp³-hybridized carbons (Fsp3) is 0.889. The first-order valence-corrected chi connectivity index (χ1v) is 6.75. The molecular weight excluding hydrogens is 283 g/mol. The standard InChI is InChI=1S/C9H16F3N5OS/c1-2-3-13-4-5-17-8(14-15-16-17)19-7-18-6-9(10,11)12/h13H,2-7H2,1H3. The Morgan fingerprint density at radius 2 is 2.16 bits per heavy atom. The minimum atomic E-state index is -4.31. The van der Waals surface area contributed by atoms with E-state index in [0.29, 0.717) is 18.2 Å². The Labute approximate surface area is 113 Å². The van der Waals surface area contributed by atoms with Gasteiger partial charge in [0.2, 0.25) is 5.16 Å². The molecule has 10 heteroatoms. The van der Waals surface area contributed by atoms with Crippen LogP contribution in [0.15, 0.2) is 5.16 Å². The number of halogens is 3. The maximum absolute atomic E-state index is 11.9. The maximum atomic E-state index is 11.9. The van der Waals surface area contributed by atoms with Gasteiger partial charge >= 0.3 is 6.18 Å². The average molecular weight is 299 g/mol. The van der Waals surface area contributed by atoms with E-state index in [2.05, 4.69) is 32.5 Å². The van der Waals surface area contributed by atoms with Crippen LogP contribution < -0.4 is 5.32 Å². The molecule has 0 aliphatic heterocycles. The highest BCUT2D eigenvalue weighted by Crippen LogP contribution is 2.18. The highest BCUT2D eigenvalue weighted by molar-refractivity contribution is 7.99. The molecule has 0 bridgehead atoms. The van der Waals surface area contributed by atoms with Gasteiger partial charge in [0.15, 0.2) is 0 Å². The van der Waals surface area contributed by atoms with Gasteiger partial charge in [0, 0.05) is 6.54 Å². The van der Waals surface area contributed by atoms with Gasteiger partial charge < -0.3 is 10.1 Å². The van der Waals surface area contributed by atoms with Crippen molar-refractivity contribution < 1.29 is 17.9 Å². The summed E-state index contributed by atoms with van der Waals surface area (Å²) in [6.45, 7) is 2.96. The van der Waals surface area contributed by atoms with E-state index < -0.39 is 12.8 Å². The van der Waals surface area contributed by atoms with Crippen LogP contribution in [0, 0.1) is 0 Å². The van der Waals surface area contributed by atoms with Crippen molar-refractivity contribution in [3.8, 4) is 0 Å². The molecule has 0 atom stereocenters. The largest absolute Gasteiger partial charge is 0.411 e. The summed E-state index contributed by atoms with van der Waals surface area (Å²) in [6.07, 6.45) is -3.28. The van der Waals surface area contributed by atoms with Crippen molar-refractivity contribution in [2.24, 2.45) is 0 Å². The van der Waals surface area contributed by atoms with Gasteiger partial charge in [0.1, 0.15) is 12.5 Å². The van der Waals surface area contributed by atoms with Crippen LogP contribution in [0.1, 0.15) is 13.3 Å². The number of rotatable bonds is 9. The Morgan fingerprint density at radius 1 is 1.37 bits per heavy atom. The van der Waals surface area contributed by atoms with Crippen molar-refractivity contribution in [1.82, 2.24) is 25.5 Å². The molecule has 0 aliphatic carbocycles. The smallest absolute Gasteiger partial charge is 0.361 e. The van der Waals surface area contributed by atoms with Crippen LogP contribution in [0.4, 0.5) is 13.2 Å². The minimum absolute atomic E-state index is 0.137. The summed E-state index contributed by atoms with van der Waals surface area (Å²) in [7, 11) is 0. The summed E-state index contributed by atoms with van der Waals surface area (Å²) in [5.41, 5.74) is 0. The fourth-order valence-corrected chi connectivity index (χ4v) is 1.82. The lowest BCUT2D eigenvalue weighted by atomic mass is 10.5. The molecule has 1 rings (SSSR count). The number of hydrogen-bond donors (Lipinski definition) is 1. The molecule has 1 aromatic rings. The second-order valence-corrected chi connectivity index (χ2v) is 4.55. The zero-order valence-electron chi connectivity index (χ0n) is 10.5. The SMILES string of the molecule is CCCNCCn1nnnc1SCOCC(F)(F)F. The summed E-state index contributed by atoms with van der Waals surface area (Å²) < 4.78 is 41.6. The third kappa shape index (κ3) is 7.33. The van der Waals surface area contributed by atoms with E-state index >= 15 is 0 Å². The predicted octanol–water partition coefficient (Wildman–Crippen LogP) is 1.30. The number of alkyl halides is 3. The van der Waals surface area contributed by atoms with Gasteiger partial charge in [-0.25, -0.2) is 4.68 Å². The van der Waals surface area contributed by atoms with Crippen LogP contribution in [0.5, 0.6) is 0 Å². The number of hydrogen-bond acceptors (Lipinski definition) is 6. The van der Waals surface area contributed by atoms with Crippen molar-refractivity contribution in [3.05, 3.63) is 0 Å². The highest BCUT2D eigenvalue weighted by atomic mass is 32.2. The fourth-order valence-electron chi connectivity index (χ4n) is 1.18. The molecule has 0 spiro atoms. The van der Waals surface area contributed by atoms with Crippen LogP contribution in [0.25, 0.3) is 0 Å². The van der Waals surface area contributed by atoms with E-state index in [9.17, 15) is 13.2 Å². The lowest BCUT2D eigenvalue weighted by molar-refractivity contribution is -0.168. The molecule has 1 aromatic heterocycles. The zero-order valence-corrected chi connectivity index (χ0v) is 11.3. The number of tetrazole rings is 1. The number of nitrogens with one attached hydrogen (secondary N) is 1. The summed E-state index contributed by atoms with van der Waals surface area (Å²) in [4.78, 5) is 0. The quantitative estimate of drug-likeness (QED) is 0.421. The van der Waals surface area contributed by atoms with E-state index in [1.165, 1.54) is 4.68 Å². The molecule has 0 aliphatic rings. The van der Waals surface area contributed by atoms with Crippen molar-refractivity contribution in [2.75, 3.05) is 25.6 Å². The molecule has 6 nitrogen and oxygen atoms in total. The number of thioether (sulfide) groups is 1. The lowest BCUT2D eigenvalue weighted by Gasteiger charge is -2.07. The summed E-state index contributed by atoms with van der Waals surface area (Å²) in [5.74, 6) is -0.137. The first-order valence-electron chi connectivity index (χ1n) is 5.77. The molecule has 0 unspecified atom stereocenters. The normalized spacial score (nSPS) is 12.0. The third-order valence-corrected chi connectivity index (χ3v) is 2.80. The molecule has 1 heterocycles. The Kier molecular flexibility index (Phi) is 7.10. The van der Waals surface area contributed by atoms with Crippen LogP contribution in [-0.2, 0) is 11.3 Å². The highest BCUT2D eigenvalue weighted by Gasteiger charge is 2.27. The average Bonchev–Trinajstić information content (AvgIpc) is 2.77. The number of aromatic nitrogens is 4. The van der Waals surface area contributed by atoms with Crippen molar-refractivity contribution in [2.45, 2.75) is 31.2 Å². The topological polar surface area (TPSA) is 64.9 Å². The summed E-state index contributed by atoms with van der Waals surface area (Å²) in [5, 5.41) is 14.6. The predicted molar refractivity (Wildman–Crippen MR) is 63.7 cm³/mol. The maximum Gasteiger partial charge on any atom is 0.411 e. The van der Waals surface area contributed by atoms with Crippen LogP contribution in [0.3, 0.4) is 0 Å². The van der Waals surface area contributed by atoms with E-state index in [4.69, 9.17) is 0 Å². The number of nitrogens with zero attached hydrogens (tertiary/aromatic N) is 4. The molecule has 0 saturated carbocycles. The lowest BCUT2D eigenvalue weighted by Crippen LogP contribution is -2.21. The third-order valence-electron chi connectivity index (χ3n) is 1.96. The molecule has 0 saturated heterocycles. The molecule has 0 radical (unpaired) electrons. The van der Waals surface area contributed by atoms with Gasteiger partial charge in [-0.05, 0) is 23.4 Å². The molecule has 0 fully saturated rings. The van der Waals surface area contributed by atoms with Gasteiger partial charge in [-0.3, -0.25) is 0 Å². The van der Waals surface area contributed by atoms with Crippen molar-refractivity contribution in [1.29, 1.82) is 0 Å². The van der Waals surface area contributed by atoms with E-state index in [0.717, 1.165) is 24.7 Å². The van der Waals surface area contributed by atoms with Gasteiger partial charge in [-0.15, -0.1) is 5.10 Å². The molecule has 0 amide bonds. The van der Waals surface area contributed by atoms with Gasteiger partial charge in [0.25, 0.3) is 0 Å². The number of ether oxygens (including phenoxy) is 1. The molecule has 1 N–H and O–H groups in total. The van der Waals surface area contributed by atoms with Crippen molar-refractivity contribution in [3.63, 3.8) is 0 Å². The van der Waals surface area contributed by atoms with Gasteiger partial charge in [0.05, 0.1) is 6.54 Å². The van der Waals surface area contributed by atoms with Gasteiger partial charge in [-0.2, -0.15) is 13.2 Å². The molecular formula is C9H16F3N5OS. The van der Waals surface area contributed by atoms with Crippen molar-refractivity contribution >= 4 is 11.8 Å². The Bertz CT molecular complexity index is 360.